The first-order valence-corrected chi connectivity index (χ1v) is 11.4. The highest BCUT2D eigenvalue weighted by Gasteiger charge is 2.13. The van der Waals surface area contributed by atoms with E-state index in [1.807, 2.05) is 53.2 Å². The second-order valence-corrected chi connectivity index (χ2v) is 8.61. The lowest BCUT2D eigenvalue weighted by molar-refractivity contribution is -0.137. The maximum Gasteiger partial charge on any atom is 0.304 e. The van der Waals surface area contributed by atoms with E-state index in [1.165, 1.54) is 5.56 Å². The van der Waals surface area contributed by atoms with E-state index in [0.29, 0.717) is 12.5 Å². The molecule has 5 heteroatoms. The molecule has 0 saturated heterocycles. The maximum atomic E-state index is 11.1. The highest BCUT2D eigenvalue weighted by atomic mass is 16.5. The van der Waals surface area contributed by atoms with Crippen LogP contribution < -0.4 is 4.74 Å². The van der Waals surface area contributed by atoms with Crippen molar-refractivity contribution in [2.24, 2.45) is 0 Å². The molecule has 0 bridgehead atoms. The number of carbonyl (C=O) groups is 1. The van der Waals surface area contributed by atoms with Crippen LogP contribution in [0.3, 0.4) is 0 Å². The number of hydrogen-bond donors (Lipinski definition) is 1. The first kappa shape index (κ1) is 23.1. The van der Waals surface area contributed by atoms with Gasteiger partial charge in [0.2, 0.25) is 0 Å². The Kier molecular flexibility index (Phi) is 6.98. The Hall–Kier alpha value is -4.04. The minimum Gasteiger partial charge on any atom is -0.489 e. The Labute approximate surface area is 200 Å². The van der Waals surface area contributed by atoms with Crippen molar-refractivity contribution in [1.82, 2.24) is 9.38 Å². The summed E-state index contributed by atoms with van der Waals surface area (Å²) in [6, 6.07) is 20.1. The van der Waals surface area contributed by atoms with Gasteiger partial charge in [0.05, 0.1) is 18.0 Å². The fourth-order valence-corrected chi connectivity index (χ4v) is 3.86. The number of carboxylic acids is 1. The molecule has 0 amide bonds. The maximum absolute atomic E-state index is 11.1. The number of benzene rings is 2. The molecule has 2 heterocycles. The second-order valence-electron chi connectivity index (χ2n) is 8.61. The van der Waals surface area contributed by atoms with Crippen molar-refractivity contribution in [3.63, 3.8) is 0 Å². The highest BCUT2D eigenvalue weighted by Crippen LogP contribution is 2.24. The zero-order chi connectivity index (χ0) is 24.1. The van der Waals surface area contributed by atoms with Gasteiger partial charge in [0.25, 0.3) is 0 Å². The van der Waals surface area contributed by atoms with Gasteiger partial charge in [-0.3, -0.25) is 4.79 Å². The molecule has 4 aromatic rings. The van der Waals surface area contributed by atoms with Crippen LogP contribution in [0, 0.1) is 11.8 Å². The van der Waals surface area contributed by atoms with Gasteiger partial charge in [0.1, 0.15) is 18.0 Å². The van der Waals surface area contributed by atoms with E-state index in [2.05, 4.69) is 50.0 Å². The molecule has 2 aromatic heterocycles. The van der Waals surface area contributed by atoms with Gasteiger partial charge in [0.15, 0.2) is 0 Å². The molecule has 0 fully saturated rings. The molecule has 0 aliphatic rings. The number of rotatable bonds is 8. The van der Waals surface area contributed by atoms with Crippen molar-refractivity contribution >= 4 is 11.6 Å². The van der Waals surface area contributed by atoms with Gasteiger partial charge in [0, 0.05) is 18.0 Å². The fourth-order valence-electron chi connectivity index (χ4n) is 3.86. The van der Waals surface area contributed by atoms with Crippen molar-refractivity contribution in [2.45, 2.75) is 45.6 Å². The standard InChI is InChI=1S/C29H28N2O3/c1-4-5-25(17-29(32)33)23-10-12-26(13-11-23)34-19-21-14-15-31-18-27(30-28(31)16-21)24-8-6-22(7-9-24)20(2)3/h6-16,18,20,25H,17,19H2,1-3H3,(H,32,33). The smallest absolute Gasteiger partial charge is 0.304 e. The topological polar surface area (TPSA) is 63.8 Å². The lowest BCUT2D eigenvalue weighted by Gasteiger charge is -2.11. The summed E-state index contributed by atoms with van der Waals surface area (Å²) in [6.07, 6.45) is 4.01. The predicted octanol–water partition coefficient (Wildman–Crippen LogP) is 6.29. The van der Waals surface area contributed by atoms with E-state index in [9.17, 15) is 4.79 Å². The zero-order valence-electron chi connectivity index (χ0n) is 19.7. The number of fused-ring (bicyclic) bond motifs is 1. The lowest BCUT2D eigenvalue weighted by atomic mass is 9.96. The average molecular weight is 453 g/mol. The van der Waals surface area contributed by atoms with Gasteiger partial charge in [-0.05, 0) is 53.8 Å². The van der Waals surface area contributed by atoms with Crippen molar-refractivity contribution in [3.05, 3.63) is 89.7 Å². The second kappa shape index (κ2) is 10.3. The number of hydrogen-bond acceptors (Lipinski definition) is 3. The summed E-state index contributed by atoms with van der Waals surface area (Å²) >= 11 is 0. The van der Waals surface area contributed by atoms with Crippen LogP contribution in [-0.4, -0.2) is 20.5 Å². The molecular formula is C29H28N2O3. The number of carboxylic acid groups (broad SMARTS) is 1. The van der Waals surface area contributed by atoms with Gasteiger partial charge < -0.3 is 14.2 Å². The lowest BCUT2D eigenvalue weighted by Crippen LogP contribution is -2.04. The van der Waals surface area contributed by atoms with Crippen molar-refractivity contribution in [2.75, 3.05) is 0 Å². The van der Waals surface area contributed by atoms with E-state index in [-0.39, 0.29) is 12.3 Å². The summed E-state index contributed by atoms with van der Waals surface area (Å²) in [6.45, 7) is 6.51. The number of nitrogens with zero attached hydrogens (tertiary/aromatic N) is 2. The number of pyridine rings is 1. The Morgan fingerprint density at radius 1 is 1.06 bits per heavy atom. The summed E-state index contributed by atoms with van der Waals surface area (Å²) in [5.74, 6) is 5.82. The molecule has 1 atom stereocenters. The quantitative estimate of drug-likeness (QED) is 0.319. The molecule has 0 aliphatic carbocycles. The van der Waals surface area contributed by atoms with Crippen LogP contribution in [0.15, 0.2) is 73.1 Å². The third kappa shape index (κ3) is 5.47. The molecule has 34 heavy (non-hydrogen) atoms. The highest BCUT2D eigenvalue weighted by molar-refractivity contribution is 5.69. The molecule has 5 nitrogen and oxygen atoms in total. The summed E-state index contributed by atoms with van der Waals surface area (Å²) in [5, 5.41) is 9.11. The van der Waals surface area contributed by atoms with Gasteiger partial charge >= 0.3 is 5.97 Å². The third-order valence-corrected chi connectivity index (χ3v) is 5.78. The van der Waals surface area contributed by atoms with Crippen LogP contribution in [0.2, 0.25) is 0 Å². The van der Waals surface area contributed by atoms with Gasteiger partial charge in [-0.2, -0.15) is 0 Å². The van der Waals surface area contributed by atoms with Crippen LogP contribution in [0.1, 0.15) is 55.7 Å². The Balaban J connectivity index is 1.44. The minimum atomic E-state index is -0.863. The molecule has 0 radical (unpaired) electrons. The summed E-state index contributed by atoms with van der Waals surface area (Å²) in [4.78, 5) is 15.9. The van der Waals surface area contributed by atoms with Gasteiger partial charge in [-0.25, -0.2) is 4.98 Å². The summed E-state index contributed by atoms with van der Waals surface area (Å²) < 4.78 is 7.97. The molecule has 0 spiro atoms. The van der Waals surface area contributed by atoms with Gasteiger partial charge in [-0.1, -0.05) is 56.2 Å². The Bertz CT molecular complexity index is 1340. The van der Waals surface area contributed by atoms with Crippen molar-refractivity contribution in [1.29, 1.82) is 0 Å². The van der Waals surface area contributed by atoms with Crippen molar-refractivity contribution < 1.29 is 14.6 Å². The van der Waals surface area contributed by atoms with Crippen LogP contribution in [0.5, 0.6) is 5.75 Å². The minimum absolute atomic E-state index is 0.0186. The Morgan fingerprint density at radius 2 is 1.76 bits per heavy atom. The first-order chi connectivity index (χ1) is 16.4. The first-order valence-electron chi connectivity index (χ1n) is 11.4. The number of aromatic nitrogens is 2. The number of imidazole rings is 1. The molecule has 1 N–H and O–H groups in total. The van der Waals surface area contributed by atoms with E-state index in [0.717, 1.165) is 33.8 Å². The van der Waals surface area contributed by atoms with Crippen LogP contribution in [0.25, 0.3) is 16.9 Å². The average Bonchev–Trinajstić information content (AvgIpc) is 3.26. The van der Waals surface area contributed by atoms with Gasteiger partial charge in [-0.15, -0.1) is 5.92 Å². The predicted molar refractivity (Wildman–Crippen MR) is 134 cm³/mol. The van der Waals surface area contributed by atoms with Crippen LogP contribution >= 0.6 is 0 Å². The molecule has 0 aliphatic heterocycles. The molecule has 0 saturated carbocycles. The van der Waals surface area contributed by atoms with Crippen molar-refractivity contribution in [3.8, 4) is 28.8 Å². The normalized spacial score (nSPS) is 11.8. The van der Waals surface area contributed by atoms with E-state index >= 15 is 0 Å². The fraction of sp³-hybridized carbons (Fsp3) is 0.241. The van der Waals surface area contributed by atoms with Crippen LogP contribution in [-0.2, 0) is 11.4 Å². The molecule has 1 unspecified atom stereocenters. The Morgan fingerprint density at radius 3 is 2.41 bits per heavy atom. The molecule has 2 aromatic carbocycles. The summed E-state index contributed by atoms with van der Waals surface area (Å²) in [5.41, 5.74) is 6.11. The van der Waals surface area contributed by atoms with E-state index < -0.39 is 5.97 Å². The molecular weight excluding hydrogens is 424 g/mol. The largest absolute Gasteiger partial charge is 0.489 e. The molecule has 172 valence electrons. The number of aliphatic carboxylic acids is 1. The van der Waals surface area contributed by atoms with E-state index in [4.69, 9.17) is 14.8 Å². The monoisotopic (exact) mass is 452 g/mol. The number of ether oxygens (including phenoxy) is 1. The summed E-state index contributed by atoms with van der Waals surface area (Å²) in [7, 11) is 0. The molecule has 4 rings (SSSR count). The zero-order valence-corrected chi connectivity index (χ0v) is 19.7. The SMILES string of the molecule is CC#CC(CC(=O)O)c1ccc(OCc2ccn3cc(-c4ccc(C(C)C)cc4)nc3c2)cc1. The third-order valence-electron chi connectivity index (χ3n) is 5.78. The van der Waals surface area contributed by atoms with E-state index in [1.54, 1.807) is 6.92 Å². The van der Waals surface area contributed by atoms with Crippen LogP contribution in [0.4, 0.5) is 0 Å².